The van der Waals surface area contributed by atoms with Crippen molar-refractivity contribution in [3.8, 4) is 11.5 Å². The minimum atomic E-state index is -0.676. The zero-order chi connectivity index (χ0) is 21.4. The second kappa shape index (κ2) is 7.75. The van der Waals surface area contributed by atoms with Crippen molar-refractivity contribution < 1.29 is 18.7 Å². The number of nitrogens with zero attached hydrogens (tertiary/aromatic N) is 2. The highest BCUT2D eigenvalue weighted by molar-refractivity contribution is 5.97. The van der Waals surface area contributed by atoms with Crippen LogP contribution < -0.4 is 15.1 Å². The number of hydrogen-bond acceptors (Lipinski definition) is 6. The molecule has 1 amide bonds. The number of para-hydroxylation sites is 2. The molecular formula is C24H20N2O5. The lowest BCUT2D eigenvalue weighted by Crippen LogP contribution is -2.33. The Balaban J connectivity index is 1.37. The van der Waals surface area contributed by atoms with E-state index in [1.165, 1.54) is 7.11 Å². The fourth-order valence-corrected chi connectivity index (χ4v) is 3.96. The SMILES string of the molecule is COc1cccc2cc(C(=O)N3CCC(Oc4cccc5cccnc45)C3)c(=O)oc12. The van der Waals surface area contributed by atoms with Gasteiger partial charge in [-0.15, -0.1) is 0 Å². The number of aromatic nitrogens is 1. The maximum atomic E-state index is 13.0. The summed E-state index contributed by atoms with van der Waals surface area (Å²) in [6.07, 6.45) is 2.22. The van der Waals surface area contributed by atoms with Gasteiger partial charge in [0.1, 0.15) is 22.9 Å². The first-order valence-electron chi connectivity index (χ1n) is 10.0. The summed E-state index contributed by atoms with van der Waals surface area (Å²) in [6.45, 7) is 0.884. The second-order valence-corrected chi connectivity index (χ2v) is 7.44. The number of rotatable bonds is 4. The molecule has 0 radical (unpaired) electrons. The van der Waals surface area contributed by atoms with E-state index in [4.69, 9.17) is 13.9 Å². The second-order valence-electron chi connectivity index (χ2n) is 7.44. The molecule has 7 nitrogen and oxygen atoms in total. The fraction of sp³-hybridized carbons (Fsp3) is 0.208. The maximum absolute atomic E-state index is 13.0. The van der Waals surface area contributed by atoms with E-state index < -0.39 is 5.63 Å². The molecule has 0 spiro atoms. The molecule has 0 saturated carbocycles. The number of hydrogen-bond donors (Lipinski definition) is 0. The van der Waals surface area contributed by atoms with Crippen LogP contribution in [0, 0.1) is 0 Å². The summed E-state index contributed by atoms with van der Waals surface area (Å²) >= 11 is 0. The normalized spacial score (nSPS) is 16.0. The minimum Gasteiger partial charge on any atom is -0.493 e. The first kappa shape index (κ1) is 19.1. The Morgan fingerprint density at radius 1 is 1.10 bits per heavy atom. The highest BCUT2D eigenvalue weighted by Gasteiger charge is 2.30. The topological polar surface area (TPSA) is 81.9 Å². The van der Waals surface area contributed by atoms with E-state index in [9.17, 15) is 9.59 Å². The van der Waals surface area contributed by atoms with E-state index in [0.717, 1.165) is 10.9 Å². The van der Waals surface area contributed by atoms with E-state index in [1.807, 2.05) is 30.3 Å². The Bertz CT molecular complexity index is 1340. The van der Waals surface area contributed by atoms with E-state index in [2.05, 4.69) is 4.98 Å². The number of carbonyl (C=O) groups is 1. The summed E-state index contributed by atoms with van der Waals surface area (Å²) in [4.78, 5) is 31.6. The number of amides is 1. The van der Waals surface area contributed by atoms with Crippen LogP contribution in [-0.4, -0.2) is 42.1 Å². The van der Waals surface area contributed by atoms with Crippen LogP contribution in [0.5, 0.6) is 11.5 Å². The molecule has 0 aliphatic carbocycles. The summed E-state index contributed by atoms with van der Waals surface area (Å²) in [5.41, 5.74) is 0.453. The van der Waals surface area contributed by atoms with Gasteiger partial charge in [-0.2, -0.15) is 0 Å². The van der Waals surface area contributed by atoms with Gasteiger partial charge in [-0.25, -0.2) is 4.79 Å². The summed E-state index contributed by atoms with van der Waals surface area (Å²) in [5, 5.41) is 1.63. The van der Waals surface area contributed by atoms with Gasteiger partial charge in [0.2, 0.25) is 0 Å². The number of likely N-dealkylation sites (tertiary alicyclic amines) is 1. The summed E-state index contributed by atoms with van der Waals surface area (Å²) < 4.78 is 16.8. The lowest BCUT2D eigenvalue weighted by molar-refractivity contribution is 0.0768. The number of fused-ring (bicyclic) bond motifs is 2. The van der Waals surface area contributed by atoms with Crippen LogP contribution in [0.3, 0.4) is 0 Å². The predicted octanol–water partition coefficient (Wildman–Crippen LogP) is 3.64. The van der Waals surface area contributed by atoms with Crippen molar-refractivity contribution in [2.24, 2.45) is 0 Å². The third-order valence-corrected chi connectivity index (χ3v) is 5.50. The van der Waals surface area contributed by atoms with Crippen molar-refractivity contribution in [1.82, 2.24) is 9.88 Å². The highest BCUT2D eigenvalue weighted by atomic mass is 16.5. The smallest absolute Gasteiger partial charge is 0.349 e. The van der Waals surface area contributed by atoms with E-state index >= 15 is 0 Å². The van der Waals surface area contributed by atoms with Crippen molar-refractivity contribution in [1.29, 1.82) is 0 Å². The van der Waals surface area contributed by atoms with Crippen molar-refractivity contribution in [3.63, 3.8) is 0 Å². The molecule has 0 bridgehead atoms. The quantitative estimate of drug-likeness (QED) is 0.473. The van der Waals surface area contributed by atoms with Crippen molar-refractivity contribution in [3.05, 3.63) is 76.8 Å². The molecule has 3 heterocycles. The molecule has 1 fully saturated rings. The molecule has 4 aromatic rings. The van der Waals surface area contributed by atoms with Crippen molar-refractivity contribution >= 4 is 27.8 Å². The number of pyridine rings is 1. The molecule has 2 aromatic heterocycles. The molecule has 1 aliphatic rings. The first-order valence-corrected chi connectivity index (χ1v) is 10.0. The monoisotopic (exact) mass is 416 g/mol. The predicted molar refractivity (Wildman–Crippen MR) is 116 cm³/mol. The maximum Gasteiger partial charge on any atom is 0.349 e. The third kappa shape index (κ3) is 3.48. The van der Waals surface area contributed by atoms with Gasteiger partial charge >= 0.3 is 5.63 Å². The molecule has 2 aromatic carbocycles. The van der Waals surface area contributed by atoms with E-state index in [0.29, 0.717) is 42.0 Å². The molecule has 5 rings (SSSR count). The molecular weight excluding hydrogens is 396 g/mol. The zero-order valence-electron chi connectivity index (χ0n) is 16.9. The Morgan fingerprint density at radius 2 is 1.87 bits per heavy atom. The van der Waals surface area contributed by atoms with Crippen LogP contribution in [0.15, 0.2) is 70.0 Å². The van der Waals surface area contributed by atoms with Crippen molar-refractivity contribution in [2.75, 3.05) is 20.2 Å². The third-order valence-electron chi connectivity index (χ3n) is 5.50. The molecule has 1 unspecified atom stereocenters. The molecule has 31 heavy (non-hydrogen) atoms. The first-order chi connectivity index (χ1) is 15.1. The molecule has 1 atom stereocenters. The van der Waals surface area contributed by atoms with Gasteiger partial charge in [-0.3, -0.25) is 9.78 Å². The number of ether oxygens (including phenoxy) is 2. The number of benzene rings is 2. The van der Waals surface area contributed by atoms with Crippen molar-refractivity contribution in [2.45, 2.75) is 12.5 Å². The van der Waals surface area contributed by atoms with Crippen LogP contribution in [0.25, 0.3) is 21.9 Å². The Morgan fingerprint density at radius 3 is 2.71 bits per heavy atom. The summed E-state index contributed by atoms with van der Waals surface area (Å²) in [6, 6.07) is 16.5. The Hall–Kier alpha value is -3.87. The molecule has 1 saturated heterocycles. The lowest BCUT2D eigenvalue weighted by atomic mass is 10.1. The van der Waals surface area contributed by atoms with Gasteiger partial charge in [-0.1, -0.05) is 30.3 Å². The largest absolute Gasteiger partial charge is 0.493 e. The highest BCUT2D eigenvalue weighted by Crippen LogP contribution is 2.27. The summed E-state index contributed by atoms with van der Waals surface area (Å²) in [7, 11) is 1.50. The fourth-order valence-electron chi connectivity index (χ4n) is 3.96. The number of methoxy groups -OCH3 is 1. The van der Waals surface area contributed by atoms with Gasteiger partial charge < -0.3 is 18.8 Å². The minimum absolute atomic E-state index is 0.00762. The van der Waals surface area contributed by atoms with Crippen LogP contribution >= 0.6 is 0 Å². The van der Waals surface area contributed by atoms with E-state index in [-0.39, 0.29) is 17.6 Å². The Labute approximate surface area is 177 Å². The van der Waals surface area contributed by atoms with Crippen LogP contribution in [0.4, 0.5) is 0 Å². The average Bonchev–Trinajstić information content (AvgIpc) is 3.26. The lowest BCUT2D eigenvalue weighted by Gasteiger charge is -2.17. The van der Waals surface area contributed by atoms with Gasteiger partial charge in [0.15, 0.2) is 11.3 Å². The van der Waals surface area contributed by atoms with Gasteiger partial charge in [-0.05, 0) is 24.3 Å². The Kier molecular flexibility index (Phi) is 4.78. The molecule has 156 valence electrons. The number of carbonyl (C=O) groups excluding carboxylic acids is 1. The average molecular weight is 416 g/mol. The van der Waals surface area contributed by atoms with Gasteiger partial charge in [0.25, 0.3) is 5.91 Å². The van der Waals surface area contributed by atoms with Gasteiger partial charge in [0, 0.05) is 29.9 Å². The molecule has 0 N–H and O–H groups in total. The van der Waals surface area contributed by atoms with Crippen LogP contribution in [-0.2, 0) is 0 Å². The van der Waals surface area contributed by atoms with Gasteiger partial charge in [0.05, 0.1) is 13.7 Å². The van der Waals surface area contributed by atoms with E-state index in [1.54, 1.807) is 35.4 Å². The summed E-state index contributed by atoms with van der Waals surface area (Å²) in [5.74, 6) is 0.780. The van der Waals surface area contributed by atoms with Crippen LogP contribution in [0.1, 0.15) is 16.8 Å². The molecule has 1 aliphatic heterocycles. The molecule has 7 heteroatoms. The standard InChI is InChI=1S/C24H20N2O5/c1-29-20-9-3-6-16-13-18(24(28)31-22(16)20)23(27)26-12-10-17(14-26)30-19-8-2-5-15-7-4-11-25-21(15)19/h2-9,11,13,17H,10,12,14H2,1H3. The zero-order valence-corrected chi connectivity index (χ0v) is 16.9. The van der Waals surface area contributed by atoms with Crippen LogP contribution in [0.2, 0.25) is 0 Å².